The third kappa shape index (κ3) is 4.68. The first-order chi connectivity index (χ1) is 13.9. The Kier molecular flexibility index (Phi) is 5.71. The first kappa shape index (κ1) is 20.1. The van der Waals surface area contributed by atoms with Gasteiger partial charge in [0.25, 0.3) is 15.9 Å². The predicted octanol–water partition coefficient (Wildman–Crippen LogP) is 2.68. The van der Waals surface area contributed by atoms with Crippen molar-refractivity contribution in [3.63, 3.8) is 0 Å². The molecule has 2 aromatic rings. The van der Waals surface area contributed by atoms with Crippen molar-refractivity contribution >= 4 is 38.9 Å². The van der Waals surface area contributed by atoms with Crippen LogP contribution >= 0.6 is 11.3 Å². The molecule has 1 aromatic heterocycles. The van der Waals surface area contributed by atoms with E-state index in [0.717, 1.165) is 12.8 Å². The summed E-state index contributed by atoms with van der Waals surface area (Å²) in [4.78, 5) is 25.0. The lowest BCUT2D eigenvalue weighted by atomic mass is 9.98. The Morgan fingerprint density at radius 1 is 1.10 bits per heavy atom. The standard InChI is InChI=1S/C20H23N3O4S2/c24-19(21-16-8-9-16)14-4-1-6-17(12-14)22-20(25)15-5-2-10-23(13-15)29(26,27)18-7-3-11-28-18/h1,3-4,6-7,11-12,15-16H,2,5,8-10,13H2,(H,21,24)(H,22,25)/t15-/m0/s1. The summed E-state index contributed by atoms with van der Waals surface area (Å²) in [5, 5.41) is 7.50. The smallest absolute Gasteiger partial charge is 0.252 e. The van der Waals surface area contributed by atoms with E-state index in [0.29, 0.717) is 34.8 Å². The van der Waals surface area contributed by atoms with Gasteiger partial charge in [-0.25, -0.2) is 8.42 Å². The molecule has 0 spiro atoms. The second-order valence-corrected chi connectivity index (χ2v) is 10.6. The van der Waals surface area contributed by atoms with E-state index in [2.05, 4.69) is 10.6 Å². The van der Waals surface area contributed by atoms with Gasteiger partial charge in [-0.1, -0.05) is 12.1 Å². The highest BCUT2D eigenvalue weighted by molar-refractivity contribution is 7.91. The van der Waals surface area contributed by atoms with Gasteiger partial charge >= 0.3 is 0 Å². The van der Waals surface area contributed by atoms with Crippen LogP contribution in [-0.4, -0.2) is 43.7 Å². The van der Waals surface area contributed by atoms with Crippen LogP contribution in [0.4, 0.5) is 5.69 Å². The summed E-state index contributed by atoms with van der Waals surface area (Å²) in [5.41, 5.74) is 1.04. The zero-order chi connectivity index (χ0) is 20.4. The zero-order valence-electron chi connectivity index (χ0n) is 15.8. The summed E-state index contributed by atoms with van der Waals surface area (Å²) in [6.45, 7) is 0.578. The third-order valence-corrected chi connectivity index (χ3v) is 8.39. The van der Waals surface area contributed by atoms with Crippen LogP contribution in [-0.2, 0) is 14.8 Å². The quantitative estimate of drug-likeness (QED) is 0.732. The molecule has 0 bridgehead atoms. The largest absolute Gasteiger partial charge is 0.349 e. The molecule has 2 heterocycles. The molecule has 9 heteroatoms. The molecule has 7 nitrogen and oxygen atoms in total. The zero-order valence-corrected chi connectivity index (χ0v) is 17.5. The van der Waals surface area contributed by atoms with Crippen molar-refractivity contribution in [1.82, 2.24) is 9.62 Å². The van der Waals surface area contributed by atoms with Crippen molar-refractivity contribution in [1.29, 1.82) is 0 Å². The van der Waals surface area contributed by atoms with Gasteiger partial charge < -0.3 is 10.6 Å². The summed E-state index contributed by atoms with van der Waals surface area (Å²) >= 11 is 1.18. The van der Waals surface area contributed by atoms with Crippen LogP contribution in [0.25, 0.3) is 0 Å². The number of thiophene rings is 1. The number of carbonyl (C=O) groups is 2. The molecular formula is C20H23N3O4S2. The summed E-state index contributed by atoms with van der Waals surface area (Å²) in [5.74, 6) is -0.798. The van der Waals surface area contributed by atoms with Gasteiger partial charge in [-0.05, 0) is 55.3 Å². The number of hydrogen-bond donors (Lipinski definition) is 2. The van der Waals surface area contributed by atoms with Crippen LogP contribution in [0.3, 0.4) is 0 Å². The van der Waals surface area contributed by atoms with Gasteiger partial charge in [0, 0.05) is 30.4 Å². The fourth-order valence-corrected chi connectivity index (χ4v) is 6.06. The molecule has 1 saturated heterocycles. The number of sulfonamides is 1. The van der Waals surface area contributed by atoms with Gasteiger partial charge in [-0.15, -0.1) is 11.3 Å². The molecule has 2 aliphatic rings. The fraction of sp³-hybridized carbons (Fsp3) is 0.400. The van der Waals surface area contributed by atoms with E-state index in [1.807, 2.05) is 0 Å². The van der Waals surface area contributed by atoms with Gasteiger partial charge in [0.1, 0.15) is 4.21 Å². The first-order valence-electron chi connectivity index (χ1n) is 9.69. The van der Waals surface area contributed by atoms with Crippen molar-refractivity contribution in [3.8, 4) is 0 Å². The normalized spacial score (nSPS) is 20.2. The van der Waals surface area contributed by atoms with E-state index in [9.17, 15) is 18.0 Å². The molecule has 1 aliphatic heterocycles. The predicted molar refractivity (Wildman–Crippen MR) is 111 cm³/mol. The minimum absolute atomic E-state index is 0.144. The number of rotatable bonds is 6. The second-order valence-electron chi connectivity index (χ2n) is 7.45. The summed E-state index contributed by atoms with van der Waals surface area (Å²) in [6, 6.07) is 10.4. The number of amides is 2. The van der Waals surface area contributed by atoms with Crippen LogP contribution in [0.2, 0.25) is 0 Å². The molecule has 2 N–H and O–H groups in total. The maximum atomic E-state index is 12.8. The van der Waals surface area contributed by atoms with E-state index in [1.54, 1.807) is 41.8 Å². The van der Waals surface area contributed by atoms with Gasteiger partial charge in [0.15, 0.2) is 0 Å². The number of hydrogen-bond acceptors (Lipinski definition) is 5. The van der Waals surface area contributed by atoms with Gasteiger partial charge in [0.05, 0.1) is 5.92 Å². The molecule has 0 radical (unpaired) electrons. The van der Waals surface area contributed by atoms with E-state index in [1.165, 1.54) is 15.6 Å². The highest BCUT2D eigenvalue weighted by Crippen LogP contribution is 2.27. The molecular weight excluding hydrogens is 410 g/mol. The molecule has 1 aromatic carbocycles. The maximum absolute atomic E-state index is 12.8. The Bertz CT molecular complexity index is 1000. The lowest BCUT2D eigenvalue weighted by Gasteiger charge is -2.30. The van der Waals surface area contributed by atoms with Crippen LogP contribution in [0.15, 0.2) is 46.0 Å². The third-order valence-electron chi connectivity index (χ3n) is 5.15. The van der Waals surface area contributed by atoms with Crippen molar-refractivity contribution in [2.24, 2.45) is 5.92 Å². The Morgan fingerprint density at radius 3 is 2.66 bits per heavy atom. The molecule has 0 unspecified atom stereocenters. The Labute approximate surface area is 174 Å². The topological polar surface area (TPSA) is 95.6 Å². The average Bonchev–Trinajstić information content (AvgIpc) is 3.35. The van der Waals surface area contributed by atoms with Crippen LogP contribution in [0, 0.1) is 5.92 Å². The molecule has 1 saturated carbocycles. The summed E-state index contributed by atoms with van der Waals surface area (Å²) in [7, 11) is -3.56. The SMILES string of the molecule is O=C(NC1CC1)c1cccc(NC(=O)[C@H]2CCCN(S(=O)(=O)c3cccs3)C2)c1. The van der Waals surface area contributed by atoms with Gasteiger partial charge in [0.2, 0.25) is 5.91 Å². The summed E-state index contributed by atoms with van der Waals surface area (Å²) < 4.78 is 27.2. The van der Waals surface area contributed by atoms with E-state index in [-0.39, 0.29) is 24.4 Å². The number of nitrogens with zero attached hydrogens (tertiary/aromatic N) is 1. The van der Waals surface area contributed by atoms with Gasteiger partial charge in [-0.3, -0.25) is 9.59 Å². The number of anilines is 1. The second kappa shape index (κ2) is 8.25. The van der Waals surface area contributed by atoms with Crippen molar-refractivity contribution in [2.75, 3.05) is 18.4 Å². The number of piperidine rings is 1. The van der Waals surface area contributed by atoms with Crippen LogP contribution < -0.4 is 10.6 Å². The first-order valence-corrected chi connectivity index (χ1v) is 12.0. The van der Waals surface area contributed by atoms with E-state index in [4.69, 9.17) is 0 Å². The molecule has 1 atom stereocenters. The molecule has 154 valence electrons. The number of nitrogens with one attached hydrogen (secondary N) is 2. The highest BCUT2D eigenvalue weighted by Gasteiger charge is 2.34. The minimum atomic E-state index is -3.56. The molecule has 1 aliphatic carbocycles. The van der Waals surface area contributed by atoms with Gasteiger partial charge in [-0.2, -0.15) is 4.31 Å². The van der Waals surface area contributed by atoms with E-state index < -0.39 is 15.9 Å². The maximum Gasteiger partial charge on any atom is 0.252 e. The van der Waals surface area contributed by atoms with E-state index >= 15 is 0 Å². The van der Waals surface area contributed by atoms with Crippen molar-refractivity contribution in [2.45, 2.75) is 35.9 Å². The Balaban J connectivity index is 1.41. The minimum Gasteiger partial charge on any atom is -0.349 e. The Hall–Kier alpha value is -2.23. The lowest BCUT2D eigenvalue weighted by molar-refractivity contribution is -0.120. The summed E-state index contributed by atoms with van der Waals surface area (Å²) in [6.07, 6.45) is 3.28. The van der Waals surface area contributed by atoms with Crippen molar-refractivity contribution < 1.29 is 18.0 Å². The number of benzene rings is 1. The molecule has 4 rings (SSSR count). The fourth-order valence-electron chi connectivity index (χ4n) is 3.39. The van der Waals surface area contributed by atoms with Crippen LogP contribution in [0.5, 0.6) is 0 Å². The highest BCUT2D eigenvalue weighted by atomic mass is 32.2. The molecule has 2 fully saturated rings. The Morgan fingerprint density at radius 2 is 1.93 bits per heavy atom. The monoisotopic (exact) mass is 433 g/mol. The average molecular weight is 434 g/mol. The molecule has 2 amide bonds. The lowest BCUT2D eigenvalue weighted by Crippen LogP contribution is -2.43. The van der Waals surface area contributed by atoms with Crippen LogP contribution in [0.1, 0.15) is 36.0 Å². The molecule has 29 heavy (non-hydrogen) atoms. The van der Waals surface area contributed by atoms with Crippen molar-refractivity contribution in [3.05, 3.63) is 47.3 Å². The number of carbonyl (C=O) groups excluding carboxylic acids is 2.